The van der Waals surface area contributed by atoms with Crippen molar-refractivity contribution in [3.05, 3.63) is 120 Å². The first kappa shape index (κ1) is 40.9. The molecule has 10 rings (SSSR count). The third kappa shape index (κ3) is 6.35. The third-order valence-electron chi connectivity index (χ3n) is 17.3. The van der Waals surface area contributed by atoms with E-state index in [1.165, 1.54) is 33.9 Å². The summed E-state index contributed by atoms with van der Waals surface area (Å²) in [5.41, 5.74) is 8.45. The molecular weight excluding hydrogens is 793 g/mol. The van der Waals surface area contributed by atoms with Gasteiger partial charge in [-0.3, -0.25) is 0 Å². The quantitative estimate of drug-likeness (QED) is 0.200. The number of rotatable bonds is 4. The molecule has 6 aliphatic rings. The summed E-state index contributed by atoms with van der Waals surface area (Å²) < 4.78 is 0. The number of fused-ring (bicyclic) bond motifs is 6. The molecule has 2 nitrogen and oxygen atoms in total. The third-order valence-corrected chi connectivity index (χ3v) is 25.7. The van der Waals surface area contributed by atoms with Crippen molar-refractivity contribution >= 4 is 69.8 Å². The fourth-order valence-corrected chi connectivity index (χ4v) is 22.8. The monoisotopic (exact) mass is 858 g/mol. The zero-order valence-electron chi connectivity index (χ0n) is 36.8. The Bertz CT molecular complexity index is 1980. The molecule has 3 aliphatic carbocycles. The van der Waals surface area contributed by atoms with Gasteiger partial charge in [-0.1, -0.05) is 142 Å². The van der Waals surface area contributed by atoms with E-state index in [1.54, 1.807) is 0 Å². The van der Waals surface area contributed by atoms with Gasteiger partial charge >= 0.3 is 0 Å². The Hall–Kier alpha value is -2.12. The van der Waals surface area contributed by atoms with E-state index >= 15 is 0 Å². The van der Waals surface area contributed by atoms with E-state index in [0.29, 0.717) is 77.8 Å². The van der Waals surface area contributed by atoms with Gasteiger partial charge < -0.3 is 9.80 Å². The highest BCUT2D eigenvalue weighted by atomic mass is 32.2. The average molecular weight is 859 g/mol. The minimum absolute atomic E-state index is 0.0754. The second kappa shape index (κ2) is 15.6. The highest BCUT2D eigenvalue weighted by Gasteiger charge is 2.65. The van der Waals surface area contributed by atoms with Crippen molar-refractivity contribution < 1.29 is 0 Å². The second-order valence-corrected chi connectivity index (χ2v) is 25.6. The molecule has 4 aromatic carbocycles. The summed E-state index contributed by atoms with van der Waals surface area (Å²) in [6.07, 6.45) is 0. The van der Waals surface area contributed by atoms with Crippen molar-refractivity contribution in [3.63, 3.8) is 0 Å². The lowest BCUT2D eigenvalue weighted by Crippen LogP contribution is -2.72. The van der Waals surface area contributed by atoms with Crippen LogP contribution < -0.4 is 9.80 Å². The Morgan fingerprint density at radius 1 is 0.390 bits per heavy atom. The number of nitrogens with zero attached hydrogens (tertiary/aromatic N) is 2. The first-order valence-electron chi connectivity index (χ1n) is 22.9. The molecule has 4 aromatic rings. The van der Waals surface area contributed by atoms with E-state index in [4.69, 9.17) is 0 Å². The average Bonchev–Trinajstić information content (AvgIpc) is 3.26. The fraction of sp³-hybridized carbons (Fsp3) is 0.547. The predicted molar refractivity (Wildman–Crippen MR) is 264 cm³/mol. The van der Waals surface area contributed by atoms with Crippen molar-refractivity contribution in [2.75, 3.05) is 9.80 Å². The number of hydrogen-bond donors (Lipinski definition) is 0. The first-order valence-corrected chi connectivity index (χ1v) is 26.7. The molecule has 312 valence electrons. The van der Waals surface area contributed by atoms with Crippen LogP contribution in [0.5, 0.6) is 0 Å². The van der Waals surface area contributed by atoms with E-state index in [-0.39, 0.29) is 5.41 Å². The Labute approximate surface area is 373 Å². The van der Waals surface area contributed by atoms with Crippen LogP contribution in [-0.2, 0) is 5.41 Å². The van der Waals surface area contributed by atoms with Crippen LogP contribution in [0.15, 0.2) is 109 Å². The van der Waals surface area contributed by atoms with Crippen LogP contribution in [0.2, 0.25) is 0 Å². The van der Waals surface area contributed by atoms with Gasteiger partial charge in [-0.2, -0.15) is 47.0 Å². The highest BCUT2D eigenvalue weighted by molar-refractivity contribution is 8.09. The highest BCUT2D eigenvalue weighted by Crippen LogP contribution is 2.66. The van der Waals surface area contributed by atoms with E-state index in [9.17, 15) is 0 Å². The summed E-state index contributed by atoms with van der Waals surface area (Å²) in [4.78, 5) is 5.82. The van der Waals surface area contributed by atoms with Crippen LogP contribution in [0.25, 0.3) is 0 Å². The molecule has 2 saturated heterocycles. The van der Waals surface area contributed by atoms with Crippen LogP contribution in [0, 0.1) is 47.3 Å². The lowest BCUT2D eigenvalue weighted by Gasteiger charge is -2.65. The second-order valence-electron chi connectivity index (χ2n) is 20.2. The maximum absolute atomic E-state index is 2.96. The maximum Gasteiger partial charge on any atom is 0.0603 e. The molecule has 0 bridgehead atoms. The summed E-state index contributed by atoms with van der Waals surface area (Å²) >= 11 is 9.81. The van der Waals surface area contributed by atoms with E-state index in [2.05, 4.69) is 235 Å². The molecule has 0 N–H and O–H groups in total. The summed E-state index contributed by atoms with van der Waals surface area (Å²) in [5, 5.41) is 4.32. The zero-order chi connectivity index (χ0) is 41.1. The SMILES string of the molecule is CC1C(C)C(C)C2SC3C(SC2C1C)C(N(c1ccccc1)c1ccccc1)C1SC2C(C)C(C)C(C)C(C)C2SC1C3N1c2ccccc2C(C)(C)c2ccccc21. The van der Waals surface area contributed by atoms with Gasteiger partial charge in [0.15, 0.2) is 0 Å². The van der Waals surface area contributed by atoms with Gasteiger partial charge in [0.2, 0.25) is 0 Å². The number of thioether (sulfide) groups is 4. The molecule has 16 atom stereocenters. The molecule has 3 heterocycles. The summed E-state index contributed by atoms with van der Waals surface area (Å²) in [6, 6.07) is 42.9. The van der Waals surface area contributed by atoms with Crippen molar-refractivity contribution in [2.24, 2.45) is 47.3 Å². The zero-order valence-corrected chi connectivity index (χ0v) is 40.1. The topological polar surface area (TPSA) is 6.48 Å². The molecule has 5 fully saturated rings. The normalized spacial score (nSPS) is 41.9. The van der Waals surface area contributed by atoms with Crippen molar-refractivity contribution in [3.8, 4) is 0 Å². The molecule has 16 unspecified atom stereocenters. The Morgan fingerprint density at radius 3 is 1.08 bits per heavy atom. The van der Waals surface area contributed by atoms with Crippen LogP contribution in [0.4, 0.5) is 22.7 Å². The minimum Gasteiger partial charge on any atom is -0.336 e. The van der Waals surface area contributed by atoms with Crippen LogP contribution >= 0.6 is 47.0 Å². The summed E-state index contributed by atoms with van der Waals surface area (Å²) in [5.74, 6) is 5.60. The van der Waals surface area contributed by atoms with Gasteiger partial charge in [0.05, 0.1) is 12.1 Å². The van der Waals surface area contributed by atoms with Gasteiger partial charge in [0.25, 0.3) is 0 Å². The minimum atomic E-state index is -0.0754. The Balaban J connectivity index is 1.23. The summed E-state index contributed by atoms with van der Waals surface area (Å²) in [7, 11) is 0. The molecule has 0 amide bonds. The Kier molecular flexibility index (Phi) is 10.8. The van der Waals surface area contributed by atoms with Crippen molar-refractivity contribution in [1.82, 2.24) is 0 Å². The lowest BCUT2D eigenvalue weighted by molar-refractivity contribution is 0.146. The predicted octanol–water partition coefficient (Wildman–Crippen LogP) is 14.1. The largest absolute Gasteiger partial charge is 0.336 e. The number of hydrogen-bond acceptors (Lipinski definition) is 6. The van der Waals surface area contributed by atoms with E-state index in [0.717, 1.165) is 23.7 Å². The van der Waals surface area contributed by atoms with E-state index in [1.807, 2.05) is 0 Å². The van der Waals surface area contributed by atoms with Gasteiger partial charge in [0.1, 0.15) is 0 Å². The Morgan fingerprint density at radius 2 is 0.712 bits per heavy atom. The molecule has 59 heavy (non-hydrogen) atoms. The van der Waals surface area contributed by atoms with E-state index < -0.39 is 0 Å². The maximum atomic E-state index is 2.96. The summed E-state index contributed by atoms with van der Waals surface area (Å²) in [6.45, 7) is 25.7. The fourth-order valence-electron chi connectivity index (χ4n) is 12.9. The molecule has 0 aromatic heterocycles. The molecular formula is C53H66N2S4. The van der Waals surface area contributed by atoms with Gasteiger partial charge in [-0.25, -0.2) is 0 Å². The number of anilines is 4. The van der Waals surface area contributed by atoms with Crippen molar-refractivity contribution in [1.29, 1.82) is 0 Å². The molecule has 3 saturated carbocycles. The number of benzene rings is 4. The smallest absolute Gasteiger partial charge is 0.0603 e. The standard InChI is InChI=1S/C53H66N2S4/c1-29-31(3)35(7)47-45(33(29)5)56-49-43(54(37-21-13-11-14-22-37)38-23-15-12-16-24-38)50-52(59-48-36(8)32(4)30(2)34(6)46(48)57-50)44(51(49)58-47)55-41-27-19-17-25-39(41)53(9,10)40-26-18-20-28-42(40)55/h11-36,43-52H,1-10H3. The molecule has 0 spiro atoms. The molecule has 3 aliphatic heterocycles. The van der Waals surface area contributed by atoms with Gasteiger partial charge in [0, 0.05) is 70.2 Å². The van der Waals surface area contributed by atoms with Crippen LogP contribution in [0.1, 0.15) is 80.4 Å². The first-order chi connectivity index (χ1) is 28.4. The molecule has 6 heteroatoms. The lowest BCUT2D eigenvalue weighted by atomic mass is 9.68. The van der Waals surface area contributed by atoms with Gasteiger partial charge in [-0.15, -0.1) is 0 Å². The van der Waals surface area contributed by atoms with Crippen LogP contribution in [0.3, 0.4) is 0 Å². The van der Waals surface area contributed by atoms with Crippen LogP contribution in [-0.4, -0.2) is 54.1 Å². The van der Waals surface area contributed by atoms with Gasteiger partial charge in [-0.05, 0) is 94.9 Å². The number of para-hydroxylation sites is 4. The van der Waals surface area contributed by atoms with Crippen molar-refractivity contribution in [2.45, 2.75) is 129 Å². The molecule has 0 radical (unpaired) electrons.